The molecule has 1 aromatic carbocycles. The number of hydrogen-bond donors (Lipinski definition) is 0. The molecular weight excluding hydrogens is 188 g/mol. The van der Waals surface area contributed by atoms with Crippen LogP contribution in [0.1, 0.15) is 17.4 Å². The summed E-state index contributed by atoms with van der Waals surface area (Å²) in [5.74, 6) is 0.615. The van der Waals surface area contributed by atoms with E-state index in [0.717, 1.165) is 11.1 Å². The van der Waals surface area contributed by atoms with Gasteiger partial charge in [-0.15, -0.1) is 0 Å². The molecule has 1 aromatic rings. The summed E-state index contributed by atoms with van der Waals surface area (Å²) in [5.41, 5.74) is 1.91. The summed E-state index contributed by atoms with van der Waals surface area (Å²) < 4.78 is 10.5. The van der Waals surface area contributed by atoms with Crippen molar-refractivity contribution in [1.29, 1.82) is 0 Å². The van der Waals surface area contributed by atoms with E-state index in [1.54, 1.807) is 7.11 Å². The quantitative estimate of drug-likeness (QED) is 0.688. The van der Waals surface area contributed by atoms with Gasteiger partial charge in [0, 0.05) is 23.3 Å². The standard InChI is InChI=1S/C10H9ClO2/c1-6-9-5-7(11)3-4-8(9)10(12-2)13-6/h3-5,10H,1H2,2H3. The minimum Gasteiger partial charge on any atom is -0.461 e. The van der Waals surface area contributed by atoms with E-state index in [1.807, 2.05) is 18.2 Å². The van der Waals surface area contributed by atoms with Gasteiger partial charge in [0.05, 0.1) is 0 Å². The molecule has 0 N–H and O–H groups in total. The van der Waals surface area contributed by atoms with Gasteiger partial charge in [0.1, 0.15) is 5.76 Å². The van der Waals surface area contributed by atoms with Crippen molar-refractivity contribution in [3.8, 4) is 0 Å². The van der Waals surface area contributed by atoms with Crippen molar-refractivity contribution in [2.24, 2.45) is 0 Å². The van der Waals surface area contributed by atoms with Crippen LogP contribution in [0.5, 0.6) is 0 Å². The zero-order valence-electron chi connectivity index (χ0n) is 7.21. The highest BCUT2D eigenvalue weighted by Gasteiger charge is 2.26. The zero-order chi connectivity index (χ0) is 9.42. The number of rotatable bonds is 1. The fourth-order valence-electron chi connectivity index (χ4n) is 1.41. The molecule has 1 atom stereocenters. The van der Waals surface area contributed by atoms with Crippen molar-refractivity contribution in [1.82, 2.24) is 0 Å². The molecule has 0 fully saturated rings. The van der Waals surface area contributed by atoms with Crippen LogP contribution < -0.4 is 0 Å². The minimum atomic E-state index is -0.334. The number of hydrogen-bond acceptors (Lipinski definition) is 2. The Morgan fingerprint density at radius 1 is 1.54 bits per heavy atom. The second-order valence-electron chi connectivity index (χ2n) is 2.84. The van der Waals surface area contributed by atoms with E-state index in [4.69, 9.17) is 21.1 Å². The van der Waals surface area contributed by atoms with Gasteiger partial charge in [-0.3, -0.25) is 0 Å². The molecule has 13 heavy (non-hydrogen) atoms. The van der Waals surface area contributed by atoms with Gasteiger partial charge in [-0.25, -0.2) is 0 Å². The van der Waals surface area contributed by atoms with Gasteiger partial charge < -0.3 is 9.47 Å². The van der Waals surface area contributed by atoms with Crippen LogP contribution >= 0.6 is 11.6 Å². The number of methoxy groups -OCH3 is 1. The van der Waals surface area contributed by atoms with Crippen molar-refractivity contribution in [2.45, 2.75) is 6.29 Å². The van der Waals surface area contributed by atoms with Crippen LogP contribution in [0, 0.1) is 0 Å². The Balaban J connectivity index is 2.52. The van der Waals surface area contributed by atoms with E-state index in [-0.39, 0.29) is 6.29 Å². The van der Waals surface area contributed by atoms with Crippen molar-refractivity contribution in [3.63, 3.8) is 0 Å². The van der Waals surface area contributed by atoms with Crippen LogP contribution in [0.15, 0.2) is 24.8 Å². The Kier molecular flexibility index (Phi) is 2.02. The smallest absolute Gasteiger partial charge is 0.227 e. The lowest BCUT2D eigenvalue weighted by Gasteiger charge is -2.07. The topological polar surface area (TPSA) is 18.5 Å². The van der Waals surface area contributed by atoms with Crippen LogP contribution in [0.25, 0.3) is 5.76 Å². The first-order valence-electron chi connectivity index (χ1n) is 3.90. The molecule has 68 valence electrons. The number of benzene rings is 1. The maximum absolute atomic E-state index is 5.84. The van der Waals surface area contributed by atoms with Gasteiger partial charge in [0.25, 0.3) is 0 Å². The van der Waals surface area contributed by atoms with Crippen LogP contribution in [-0.4, -0.2) is 7.11 Å². The second kappa shape index (κ2) is 3.05. The molecule has 1 unspecified atom stereocenters. The van der Waals surface area contributed by atoms with E-state index >= 15 is 0 Å². The van der Waals surface area contributed by atoms with Gasteiger partial charge >= 0.3 is 0 Å². The summed E-state index contributed by atoms with van der Waals surface area (Å²) in [4.78, 5) is 0. The molecule has 3 heteroatoms. The predicted octanol–water partition coefficient (Wildman–Crippen LogP) is 2.99. The summed E-state index contributed by atoms with van der Waals surface area (Å²) in [6.45, 7) is 3.77. The molecule has 0 radical (unpaired) electrons. The van der Waals surface area contributed by atoms with Crippen LogP contribution in [0.3, 0.4) is 0 Å². The molecule has 1 aliphatic rings. The maximum atomic E-state index is 5.84. The van der Waals surface area contributed by atoms with Gasteiger partial charge in [-0.2, -0.15) is 0 Å². The average Bonchev–Trinajstić information content (AvgIpc) is 2.43. The van der Waals surface area contributed by atoms with Crippen LogP contribution in [-0.2, 0) is 9.47 Å². The molecule has 1 heterocycles. The number of halogens is 1. The lowest BCUT2D eigenvalue weighted by atomic mass is 10.1. The Morgan fingerprint density at radius 3 is 3.00 bits per heavy atom. The van der Waals surface area contributed by atoms with Crippen molar-refractivity contribution in [2.75, 3.05) is 7.11 Å². The van der Waals surface area contributed by atoms with Crippen molar-refractivity contribution >= 4 is 17.4 Å². The Bertz CT molecular complexity index is 360. The molecule has 0 saturated heterocycles. The normalized spacial score (nSPS) is 19.8. The Labute approximate surface area is 81.7 Å². The summed E-state index contributed by atoms with van der Waals surface area (Å²) in [7, 11) is 1.60. The summed E-state index contributed by atoms with van der Waals surface area (Å²) in [6, 6.07) is 5.54. The number of ether oxygens (including phenoxy) is 2. The highest BCUT2D eigenvalue weighted by atomic mass is 35.5. The first kappa shape index (κ1) is 8.60. The number of fused-ring (bicyclic) bond motifs is 1. The minimum absolute atomic E-state index is 0.334. The van der Waals surface area contributed by atoms with Gasteiger partial charge in [-0.05, 0) is 12.1 Å². The fraction of sp³-hybridized carbons (Fsp3) is 0.200. The fourth-order valence-corrected chi connectivity index (χ4v) is 1.58. The zero-order valence-corrected chi connectivity index (χ0v) is 7.97. The molecule has 2 nitrogen and oxygen atoms in total. The van der Waals surface area contributed by atoms with E-state index in [9.17, 15) is 0 Å². The second-order valence-corrected chi connectivity index (χ2v) is 3.28. The third kappa shape index (κ3) is 1.32. The molecule has 0 aliphatic carbocycles. The van der Waals surface area contributed by atoms with E-state index in [1.165, 1.54) is 0 Å². The van der Waals surface area contributed by atoms with E-state index in [0.29, 0.717) is 10.8 Å². The lowest BCUT2D eigenvalue weighted by Crippen LogP contribution is -1.96. The van der Waals surface area contributed by atoms with Crippen LogP contribution in [0.4, 0.5) is 0 Å². The molecule has 2 rings (SSSR count). The highest BCUT2D eigenvalue weighted by Crippen LogP contribution is 2.38. The molecule has 0 saturated carbocycles. The molecule has 0 bridgehead atoms. The van der Waals surface area contributed by atoms with Crippen molar-refractivity contribution in [3.05, 3.63) is 40.9 Å². The summed E-state index contributed by atoms with van der Waals surface area (Å²) in [6.07, 6.45) is -0.334. The lowest BCUT2D eigenvalue weighted by molar-refractivity contribution is -0.0647. The third-order valence-electron chi connectivity index (χ3n) is 2.03. The Hall–Kier alpha value is -0.990. The average molecular weight is 197 g/mol. The van der Waals surface area contributed by atoms with Crippen LogP contribution in [0.2, 0.25) is 5.02 Å². The molecular formula is C10H9ClO2. The Morgan fingerprint density at radius 2 is 2.31 bits per heavy atom. The maximum Gasteiger partial charge on any atom is 0.227 e. The summed E-state index contributed by atoms with van der Waals surface area (Å²) in [5, 5.41) is 0.681. The van der Waals surface area contributed by atoms with Crippen molar-refractivity contribution < 1.29 is 9.47 Å². The largest absolute Gasteiger partial charge is 0.461 e. The molecule has 0 amide bonds. The van der Waals surface area contributed by atoms with E-state index in [2.05, 4.69) is 6.58 Å². The van der Waals surface area contributed by atoms with Gasteiger partial charge in [-0.1, -0.05) is 24.2 Å². The summed E-state index contributed by atoms with van der Waals surface area (Å²) >= 11 is 5.84. The monoisotopic (exact) mass is 196 g/mol. The highest BCUT2D eigenvalue weighted by molar-refractivity contribution is 6.30. The third-order valence-corrected chi connectivity index (χ3v) is 2.27. The first-order chi connectivity index (χ1) is 6.22. The SMILES string of the molecule is C=C1OC(OC)c2ccc(Cl)cc21. The molecule has 0 aromatic heterocycles. The van der Waals surface area contributed by atoms with Gasteiger partial charge in [0.2, 0.25) is 6.29 Å². The first-order valence-corrected chi connectivity index (χ1v) is 4.28. The van der Waals surface area contributed by atoms with Gasteiger partial charge in [0.15, 0.2) is 0 Å². The molecule has 1 aliphatic heterocycles. The predicted molar refractivity (Wildman–Crippen MR) is 51.3 cm³/mol. The molecule has 0 spiro atoms. The van der Waals surface area contributed by atoms with E-state index < -0.39 is 0 Å².